The van der Waals surface area contributed by atoms with Crippen LogP contribution in [0.3, 0.4) is 0 Å². The second kappa shape index (κ2) is 6.88. The predicted molar refractivity (Wildman–Crippen MR) is 95.0 cm³/mol. The average molecular weight is 309 g/mol. The quantitative estimate of drug-likeness (QED) is 0.841. The van der Waals surface area contributed by atoms with Crippen molar-refractivity contribution in [1.29, 1.82) is 0 Å². The number of rotatable bonds is 2. The number of benzene rings is 2. The molecule has 0 fully saturated rings. The van der Waals surface area contributed by atoms with Gasteiger partial charge in [0.05, 0.1) is 14.2 Å². The van der Waals surface area contributed by atoms with Crippen molar-refractivity contribution < 1.29 is 9.47 Å². The standard InChI is InChI=1S/C20H23NO2/c1-21-13-12-16-7-5-4-6-15(16)8-9-17-10-11-19(22-2)20(23-3)18(17)14-21/h4-11H,12-14H2,1-3H3/b9-8+. The number of hydrogen-bond donors (Lipinski definition) is 0. The molecular weight excluding hydrogens is 286 g/mol. The van der Waals surface area contributed by atoms with Gasteiger partial charge in [-0.25, -0.2) is 0 Å². The number of hydrogen-bond acceptors (Lipinski definition) is 3. The van der Waals surface area contributed by atoms with Crippen molar-refractivity contribution >= 4 is 12.2 Å². The highest BCUT2D eigenvalue weighted by molar-refractivity contribution is 5.74. The van der Waals surface area contributed by atoms with Gasteiger partial charge in [0, 0.05) is 18.7 Å². The largest absolute Gasteiger partial charge is 0.493 e. The summed E-state index contributed by atoms with van der Waals surface area (Å²) in [7, 11) is 5.53. The van der Waals surface area contributed by atoms with Gasteiger partial charge in [0.2, 0.25) is 0 Å². The van der Waals surface area contributed by atoms with Gasteiger partial charge in [0.1, 0.15) is 0 Å². The first kappa shape index (κ1) is 15.6. The Labute approximate surface area is 138 Å². The monoisotopic (exact) mass is 309 g/mol. The van der Waals surface area contributed by atoms with E-state index in [-0.39, 0.29) is 0 Å². The smallest absolute Gasteiger partial charge is 0.165 e. The Morgan fingerprint density at radius 3 is 2.48 bits per heavy atom. The van der Waals surface area contributed by atoms with Gasteiger partial charge in [-0.15, -0.1) is 0 Å². The molecule has 0 atom stereocenters. The first-order valence-corrected chi connectivity index (χ1v) is 7.91. The van der Waals surface area contributed by atoms with Gasteiger partial charge in [-0.1, -0.05) is 42.5 Å². The van der Waals surface area contributed by atoms with E-state index >= 15 is 0 Å². The summed E-state index contributed by atoms with van der Waals surface area (Å²) >= 11 is 0. The van der Waals surface area contributed by atoms with Crippen LogP contribution in [0.2, 0.25) is 0 Å². The Hall–Kier alpha value is -2.26. The molecule has 120 valence electrons. The topological polar surface area (TPSA) is 21.7 Å². The van der Waals surface area contributed by atoms with Crippen molar-refractivity contribution in [2.45, 2.75) is 13.0 Å². The van der Waals surface area contributed by atoms with E-state index in [1.54, 1.807) is 14.2 Å². The Balaban J connectivity index is 2.13. The molecule has 0 spiro atoms. The van der Waals surface area contributed by atoms with Crippen molar-refractivity contribution in [1.82, 2.24) is 4.90 Å². The molecule has 1 aliphatic rings. The molecule has 2 aromatic rings. The van der Waals surface area contributed by atoms with Gasteiger partial charge >= 0.3 is 0 Å². The van der Waals surface area contributed by atoms with Crippen molar-refractivity contribution in [3.63, 3.8) is 0 Å². The van der Waals surface area contributed by atoms with E-state index in [9.17, 15) is 0 Å². The van der Waals surface area contributed by atoms with Crippen LogP contribution in [0.1, 0.15) is 22.3 Å². The lowest BCUT2D eigenvalue weighted by molar-refractivity contribution is 0.312. The molecule has 0 saturated heterocycles. The molecule has 0 aliphatic carbocycles. The molecule has 3 heteroatoms. The third-order valence-corrected chi connectivity index (χ3v) is 4.37. The zero-order valence-electron chi connectivity index (χ0n) is 14.0. The van der Waals surface area contributed by atoms with Crippen molar-refractivity contribution in [2.24, 2.45) is 0 Å². The molecule has 1 heterocycles. The molecular formula is C20H23NO2. The highest BCUT2D eigenvalue weighted by atomic mass is 16.5. The van der Waals surface area contributed by atoms with Crippen LogP contribution < -0.4 is 9.47 Å². The van der Waals surface area contributed by atoms with Gasteiger partial charge in [-0.2, -0.15) is 0 Å². The number of ether oxygens (including phenoxy) is 2. The van der Waals surface area contributed by atoms with Crippen molar-refractivity contribution in [2.75, 3.05) is 27.8 Å². The lowest BCUT2D eigenvalue weighted by atomic mass is 9.99. The minimum Gasteiger partial charge on any atom is -0.493 e. The number of likely N-dealkylation sites (N-methyl/N-ethyl adjacent to an activating group) is 1. The molecule has 0 N–H and O–H groups in total. The van der Waals surface area contributed by atoms with Gasteiger partial charge in [-0.3, -0.25) is 0 Å². The Morgan fingerprint density at radius 1 is 0.913 bits per heavy atom. The van der Waals surface area contributed by atoms with Crippen LogP contribution in [0.5, 0.6) is 11.5 Å². The first-order valence-electron chi connectivity index (χ1n) is 7.91. The van der Waals surface area contributed by atoms with E-state index < -0.39 is 0 Å². The predicted octanol–water partition coefficient (Wildman–Crippen LogP) is 3.86. The van der Waals surface area contributed by atoms with Gasteiger partial charge in [-0.05, 0) is 36.2 Å². The molecule has 0 saturated carbocycles. The molecule has 0 radical (unpaired) electrons. The summed E-state index contributed by atoms with van der Waals surface area (Å²) in [6.45, 7) is 1.84. The van der Waals surface area contributed by atoms with E-state index in [4.69, 9.17) is 9.47 Å². The van der Waals surface area contributed by atoms with Gasteiger partial charge in [0.15, 0.2) is 11.5 Å². The fraction of sp³-hybridized carbons (Fsp3) is 0.300. The van der Waals surface area contributed by atoms with E-state index in [0.29, 0.717) is 0 Å². The highest BCUT2D eigenvalue weighted by Crippen LogP contribution is 2.35. The van der Waals surface area contributed by atoms with E-state index in [0.717, 1.165) is 31.0 Å². The normalized spacial score (nSPS) is 16.1. The fourth-order valence-corrected chi connectivity index (χ4v) is 3.09. The zero-order chi connectivity index (χ0) is 16.2. The molecule has 0 bridgehead atoms. The van der Waals surface area contributed by atoms with Crippen LogP contribution >= 0.6 is 0 Å². The third-order valence-electron chi connectivity index (χ3n) is 4.37. The molecule has 2 aromatic carbocycles. The van der Waals surface area contributed by atoms with E-state index in [1.807, 2.05) is 6.07 Å². The maximum atomic E-state index is 5.64. The molecule has 1 aliphatic heterocycles. The lowest BCUT2D eigenvalue weighted by Crippen LogP contribution is -2.22. The summed E-state index contributed by atoms with van der Waals surface area (Å²) < 4.78 is 11.1. The third kappa shape index (κ3) is 3.25. The summed E-state index contributed by atoms with van der Waals surface area (Å²) in [5.74, 6) is 1.61. The number of methoxy groups -OCH3 is 2. The summed E-state index contributed by atoms with van der Waals surface area (Å²) in [6.07, 6.45) is 5.42. The van der Waals surface area contributed by atoms with E-state index in [2.05, 4.69) is 54.4 Å². The van der Waals surface area contributed by atoms with E-state index in [1.165, 1.54) is 22.3 Å². The molecule has 3 rings (SSSR count). The van der Waals surface area contributed by atoms with Crippen molar-refractivity contribution in [3.8, 4) is 11.5 Å². The van der Waals surface area contributed by atoms with Crippen LogP contribution in [-0.2, 0) is 13.0 Å². The van der Waals surface area contributed by atoms with Gasteiger partial charge < -0.3 is 14.4 Å². The average Bonchev–Trinajstić information content (AvgIpc) is 2.58. The number of nitrogens with zero attached hydrogens (tertiary/aromatic N) is 1. The second-order valence-electron chi connectivity index (χ2n) is 5.89. The minimum absolute atomic E-state index is 0.783. The summed E-state index contributed by atoms with van der Waals surface area (Å²) in [4.78, 5) is 2.33. The summed E-state index contributed by atoms with van der Waals surface area (Å²) in [6, 6.07) is 12.7. The molecule has 23 heavy (non-hydrogen) atoms. The Kier molecular flexibility index (Phi) is 4.68. The Morgan fingerprint density at radius 2 is 1.70 bits per heavy atom. The highest BCUT2D eigenvalue weighted by Gasteiger charge is 2.16. The maximum Gasteiger partial charge on any atom is 0.165 e. The Bertz CT molecular complexity index is 722. The number of fused-ring (bicyclic) bond motifs is 2. The zero-order valence-corrected chi connectivity index (χ0v) is 14.0. The maximum absolute atomic E-state index is 5.64. The first-order chi connectivity index (χ1) is 11.2. The minimum atomic E-state index is 0.783. The molecule has 3 nitrogen and oxygen atoms in total. The fourth-order valence-electron chi connectivity index (χ4n) is 3.09. The van der Waals surface area contributed by atoms with Crippen LogP contribution in [0, 0.1) is 0 Å². The van der Waals surface area contributed by atoms with Crippen LogP contribution in [0.15, 0.2) is 36.4 Å². The lowest BCUT2D eigenvalue weighted by Gasteiger charge is -2.23. The van der Waals surface area contributed by atoms with Crippen molar-refractivity contribution in [3.05, 3.63) is 58.7 Å². The molecule has 0 aromatic heterocycles. The SMILES string of the molecule is COc1ccc2c(c1OC)CN(C)CCc1ccccc1/C=C/2. The van der Waals surface area contributed by atoms with Gasteiger partial charge in [0.25, 0.3) is 0 Å². The second-order valence-corrected chi connectivity index (χ2v) is 5.89. The molecule has 0 unspecified atom stereocenters. The van der Waals surface area contributed by atoms with Crippen LogP contribution in [0.4, 0.5) is 0 Å². The summed E-state index contributed by atoms with van der Waals surface area (Å²) in [5, 5.41) is 0. The molecule has 0 amide bonds. The van der Waals surface area contributed by atoms with Crippen LogP contribution in [-0.4, -0.2) is 32.7 Å². The van der Waals surface area contributed by atoms with Crippen LogP contribution in [0.25, 0.3) is 12.2 Å². The summed E-state index contributed by atoms with van der Waals surface area (Å²) in [5.41, 5.74) is 5.01.